The number of hydrogen-bond donors (Lipinski definition) is 2. The Morgan fingerprint density at radius 1 is 1.56 bits per heavy atom. The zero-order valence-electron chi connectivity index (χ0n) is 10.3. The number of pyridine rings is 1. The summed E-state index contributed by atoms with van der Waals surface area (Å²) < 4.78 is 26.7. The largest absolute Gasteiger partial charge is 0.329 e. The highest BCUT2D eigenvalue weighted by molar-refractivity contribution is 7.89. The van der Waals surface area contributed by atoms with E-state index in [-0.39, 0.29) is 29.1 Å². The number of nitrogens with zero attached hydrogens (tertiary/aromatic N) is 2. The molecule has 1 heterocycles. The molecule has 1 unspecified atom stereocenters. The molecule has 7 heteroatoms. The lowest BCUT2D eigenvalue weighted by Gasteiger charge is -2.20. The first-order valence-electron chi connectivity index (χ1n) is 5.50. The van der Waals surface area contributed by atoms with Gasteiger partial charge in [-0.15, -0.1) is 0 Å². The Kier molecular flexibility index (Phi) is 4.78. The number of nitrogens with one attached hydrogen (secondary N) is 1. The molecular weight excluding hydrogens is 252 g/mol. The molecule has 1 atom stereocenters. The molecule has 0 aliphatic heterocycles. The van der Waals surface area contributed by atoms with E-state index in [1.165, 1.54) is 18.3 Å². The van der Waals surface area contributed by atoms with E-state index in [0.717, 1.165) is 0 Å². The predicted octanol–water partition coefficient (Wildman–Crippen LogP) is 0.215. The maximum atomic E-state index is 12.1. The van der Waals surface area contributed by atoms with Crippen molar-refractivity contribution in [1.82, 2.24) is 9.71 Å². The smallest absolute Gasteiger partial charge is 0.243 e. The zero-order chi connectivity index (χ0) is 13.8. The number of nitriles is 1. The van der Waals surface area contributed by atoms with Crippen LogP contribution in [0.4, 0.5) is 0 Å². The molecule has 0 aromatic carbocycles. The standard InChI is InChI=1S/C11H16N4O2S/c1-8(2)9(6-12)15-18(16,17)11-4-3-5-14-10(11)7-13/h3-5,8-9,15H,6,12H2,1-2H3. The van der Waals surface area contributed by atoms with E-state index in [2.05, 4.69) is 9.71 Å². The number of nitrogens with two attached hydrogens (primary N) is 1. The minimum atomic E-state index is -3.77. The monoisotopic (exact) mass is 268 g/mol. The maximum absolute atomic E-state index is 12.1. The van der Waals surface area contributed by atoms with Crippen LogP contribution in [-0.4, -0.2) is 26.0 Å². The van der Waals surface area contributed by atoms with Crippen LogP contribution in [0.2, 0.25) is 0 Å². The maximum Gasteiger partial charge on any atom is 0.243 e. The van der Waals surface area contributed by atoms with Gasteiger partial charge in [0.15, 0.2) is 5.69 Å². The quantitative estimate of drug-likeness (QED) is 0.793. The third-order valence-electron chi connectivity index (χ3n) is 2.53. The van der Waals surface area contributed by atoms with Gasteiger partial charge in [0.05, 0.1) is 0 Å². The molecule has 1 aromatic rings. The third kappa shape index (κ3) is 3.26. The Labute approximate surface area is 107 Å². The summed E-state index contributed by atoms with van der Waals surface area (Å²) >= 11 is 0. The zero-order valence-corrected chi connectivity index (χ0v) is 11.1. The summed E-state index contributed by atoms with van der Waals surface area (Å²) in [4.78, 5) is 3.61. The summed E-state index contributed by atoms with van der Waals surface area (Å²) in [5.74, 6) is 0.0620. The molecule has 18 heavy (non-hydrogen) atoms. The van der Waals surface area contributed by atoms with Crippen LogP contribution < -0.4 is 10.5 Å². The number of sulfonamides is 1. The summed E-state index contributed by atoms with van der Waals surface area (Å²) in [7, 11) is -3.77. The number of rotatable bonds is 5. The van der Waals surface area contributed by atoms with Gasteiger partial charge in [0.25, 0.3) is 0 Å². The molecule has 0 bridgehead atoms. The van der Waals surface area contributed by atoms with Gasteiger partial charge in [-0.2, -0.15) is 5.26 Å². The predicted molar refractivity (Wildman–Crippen MR) is 67.0 cm³/mol. The number of aromatic nitrogens is 1. The van der Waals surface area contributed by atoms with Crippen molar-refractivity contribution in [2.45, 2.75) is 24.8 Å². The second-order valence-corrected chi connectivity index (χ2v) is 5.85. The highest BCUT2D eigenvalue weighted by Gasteiger charge is 2.24. The molecule has 0 fully saturated rings. The minimum absolute atomic E-state index is 0.0620. The molecule has 0 saturated carbocycles. The fourth-order valence-electron chi connectivity index (χ4n) is 1.41. The molecule has 6 nitrogen and oxygen atoms in total. The normalized spacial score (nSPS) is 13.3. The molecule has 0 spiro atoms. The molecular formula is C11H16N4O2S. The summed E-state index contributed by atoms with van der Waals surface area (Å²) in [6, 6.07) is 4.21. The van der Waals surface area contributed by atoms with Crippen molar-refractivity contribution in [2.24, 2.45) is 11.7 Å². The highest BCUT2D eigenvalue weighted by atomic mass is 32.2. The van der Waals surface area contributed by atoms with E-state index in [0.29, 0.717) is 0 Å². The van der Waals surface area contributed by atoms with E-state index >= 15 is 0 Å². The Morgan fingerprint density at radius 3 is 2.72 bits per heavy atom. The highest BCUT2D eigenvalue weighted by Crippen LogP contribution is 2.13. The fourth-order valence-corrected chi connectivity index (χ4v) is 2.92. The lowest BCUT2D eigenvalue weighted by Crippen LogP contribution is -2.43. The van der Waals surface area contributed by atoms with Gasteiger partial charge >= 0.3 is 0 Å². The Morgan fingerprint density at radius 2 is 2.22 bits per heavy atom. The fraction of sp³-hybridized carbons (Fsp3) is 0.455. The van der Waals surface area contributed by atoms with Gasteiger partial charge in [0, 0.05) is 18.8 Å². The van der Waals surface area contributed by atoms with Gasteiger partial charge in [0.2, 0.25) is 10.0 Å². The van der Waals surface area contributed by atoms with Crippen LogP contribution in [0.1, 0.15) is 19.5 Å². The summed E-state index contributed by atoms with van der Waals surface area (Å²) in [5.41, 5.74) is 5.40. The first kappa shape index (κ1) is 14.6. The second kappa shape index (κ2) is 5.91. The summed E-state index contributed by atoms with van der Waals surface area (Å²) in [6.07, 6.45) is 1.38. The van der Waals surface area contributed by atoms with Gasteiger partial charge in [-0.3, -0.25) is 0 Å². The van der Waals surface area contributed by atoms with E-state index in [1.54, 1.807) is 6.07 Å². The van der Waals surface area contributed by atoms with Crippen LogP contribution in [0, 0.1) is 17.2 Å². The van der Waals surface area contributed by atoms with Crippen LogP contribution in [0.3, 0.4) is 0 Å². The molecule has 0 aliphatic rings. The van der Waals surface area contributed by atoms with Gasteiger partial charge in [0.1, 0.15) is 11.0 Å². The Hall–Kier alpha value is -1.49. The van der Waals surface area contributed by atoms with Crippen molar-refractivity contribution in [2.75, 3.05) is 6.54 Å². The Bertz CT molecular complexity index is 548. The van der Waals surface area contributed by atoms with Crippen molar-refractivity contribution in [3.05, 3.63) is 24.0 Å². The van der Waals surface area contributed by atoms with Crippen LogP contribution in [-0.2, 0) is 10.0 Å². The van der Waals surface area contributed by atoms with Crippen LogP contribution in [0.25, 0.3) is 0 Å². The number of hydrogen-bond acceptors (Lipinski definition) is 5. The molecule has 3 N–H and O–H groups in total. The lowest BCUT2D eigenvalue weighted by molar-refractivity contribution is 0.454. The minimum Gasteiger partial charge on any atom is -0.329 e. The molecule has 1 aromatic heterocycles. The van der Waals surface area contributed by atoms with E-state index in [9.17, 15) is 8.42 Å². The third-order valence-corrected chi connectivity index (χ3v) is 4.05. The van der Waals surface area contributed by atoms with E-state index in [4.69, 9.17) is 11.0 Å². The van der Waals surface area contributed by atoms with Gasteiger partial charge in [-0.05, 0) is 18.1 Å². The van der Waals surface area contributed by atoms with Crippen molar-refractivity contribution < 1.29 is 8.42 Å². The van der Waals surface area contributed by atoms with Crippen LogP contribution in [0.5, 0.6) is 0 Å². The van der Waals surface area contributed by atoms with E-state index < -0.39 is 10.0 Å². The second-order valence-electron chi connectivity index (χ2n) is 4.17. The topological polar surface area (TPSA) is 109 Å². The lowest BCUT2D eigenvalue weighted by atomic mass is 10.1. The van der Waals surface area contributed by atoms with E-state index in [1.807, 2.05) is 13.8 Å². The Balaban J connectivity index is 3.11. The van der Waals surface area contributed by atoms with Crippen molar-refractivity contribution in [3.63, 3.8) is 0 Å². The molecule has 0 saturated heterocycles. The summed E-state index contributed by atoms with van der Waals surface area (Å²) in [5, 5.41) is 8.85. The molecule has 0 aliphatic carbocycles. The van der Waals surface area contributed by atoms with Crippen LogP contribution >= 0.6 is 0 Å². The van der Waals surface area contributed by atoms with Crippen LogP contribution in [0.15, 0.2) is 23.2 Å². The van der Waals surface area contributed by atoms with Gasteiger partial charge < -0.3 is 5.73 Å². The molecule has 0 amide bonds. The first-order valence-corrected chi connectivity index (χ1v) is 6.98. The van der Waals surface area contributed by atoms with Crippen molar-refractivity contribution in [3.8, 4) is 6.07 Å². The average Bonchev–Trinajstić information content (AvgIpc) is 2.35. The van der Waals surface area contributed by atoms with Crippen molar-refractivity contribution in [1.29, 1.82) is 5.26 Å². The molecule has 0 radical (unpaired) electrons. The van der Waals surface area contributed by atoms with Crippen molar-refractivity contribution >= 4 is 10.0 Å². The average molecular weight is 268 g/mol. The molecule has 98 valence electrons. The van der Waals surface area contributed by atoms with Gasteiger partial charge in [-0.25, -0.2) is 18.1 Å². The first-order chi connectivity index (χ1) is 8.42. The molecule has 1 rings (SSSR count). The summed E-state index contributed by atoms with van der Waals surface area (Å²) in [6.45, 7) is 3.93. The van der Waals surface area contributed by atoms with Gasteiger partial charge in [-0.1, -0.05) is 13.8 Å². The SMILES string of the molecule is CC(C)C(CN)NS(=O)(=O)c1cccnc1C#N.